The van der Waals surface area contributed by atoms with Crippen LogP contribution >= 0.6 is 23.5 Å². The van der Waals surface area contributed by atoms with E-state index in [2.05, 4.69) is 24.3 Å². The number of hydrogen-bond acceptors (Lipinski definition) is 2. The molecule has 1 heterocycles. The summed E-state index contributed by atoms with van der Waals surface area (Å²) in [6.07, 6.45) is 0. The Morgan fingerprint density at radius 1 is 0.688 bits per heavy atom. The topological polar surface area (TPSA) is 0 Å². The van der Waals surface area contributed by atoms with Gasteiger partial charge in [-0.15, -0.1) is 0 Å². The van der Waals surface area contributed by atoms with Crippen molar-refractivity contribution in [3.63, 3.8) is 0 Å². The molecule has 0 radical (unpaired) electrons. The average Bonchev–Trinajstić information content (AvgIpc) is 2.26. The van der Waals surface area contributed by atoms with Gasteiger partial charge in [-0.2, -0.15) is 72.1 Å². The summed E-state index contributed by atoms with van der Waals surface area (Å²) in [5.74, 6) is 0. The van der Waals surface area contributed by atoms with Gasteiger partial charge in [0.1, 0.15) is 0 Å². The monoisotopic (exact) mass is 678 g/mol. The second-order valence-electron chi connectivity index (χ2n) is 2.95. The summed E-state index contributed by atoms with van der Waals surface area (Å²) in [5, 5.41) is 0. The molecule has 0 aromatic heterocycles. The third-order valence-corrected chi connectivity index (χ3v) is 4.54. The largest absolute Gasteiger partial charge is 0.184 e. The van der Waals surface area contributed by atoms with Gasteiger partial charge in [0.05, 0.1) is 0 Å². The molecule has 2 aromatic carbocycles. The van der Waals surface area contributed by atoms with E-state index >= 15 is 0 Å². The Hall–Kier alpha value is 1.79. The van der Waals surface area contributed by atoms with Crippen molar-refractivity contribution in [3.8, 4) is 0 Å². The maximum Gasteiger partial charge on any atom is 0 e. The summed E-state index contributed by atoms with van der Waals surface area (Å²) in [6.45, 7) is 0. The van der Waals surface area contributed by atoms with Gasteiger partial charge in [-0.3, -0.25) is 0 Å². The minimum absolute atomic E-state index is 0. The van der Waals surface area contributed by atoms with Crippen LogP contribution in [0.4, 0.5) is 0 Å². The van der Waals surface area contributed by atoms with Crippen molar-refractivity contribution in [1.82, 2.24) is 0 Å². The molecule has 0 nitrogen and oxygen atoms in total. The molecule has 0 unspecified atom stereocenters. The van der Waals surface area contributed by atoms with E-state index in [1.165, 1.54) is 19.6 Å². The first-order valence-electron chi connectivity index (χ1n) is 4.29. The molecule has 16 heavy (non-hydrogen) atoms. The van der Waals surface area contributed by atoms with Gasteiger partial charge in [0.15, 0.2) is 0 Å². The Bertz CT molecular complexity index is 398. The summed E-state index contributed by atoms with van der Waals surface area (Å²) in [5.41, 5.74) is 0. The van der Waals surface area contributed by atoms with Crippen molar-refractivity contribution in [2.75, 3.05) is 0 Å². The van der Waals surface area contributed by atoms with Gasteiger partial charge < -0.3 is 0 Å². The standard InChI is InChI=1S/C12H6S2.2Th/c1-2-6-10-9(5-1)13-11-7-3-4-8-12(11)14-10;;/h1,4-8H;;/q-2;;. The SMILES string of the molecule is [Th].[Th].[c-]1ccc2c(c1)Sc1cc[c-]cc1S2. The Morgan fingerprint density at radius 2 is 1.12 bits per heavy atom. The van der Waals surface area contributed by atoms with Crippen molar-refractivity contribution < 1.29 is 79.9 Å². The van der Waals surface area contributed by atoms with Crippen molar-refractivity contribution in [2.24, 2.45) is 0 Å². The van der Waals surface area contributed by atoms with Crippen LogP contribution in [0.2, 0.25) is 0 Å². The number of rotatable bonds is 0. The molecule has 0 saturated carbocycles. The van der Waals surface area contributed by atoms with Crippen LogP contribution in [0, 0.1) is 92.0 Å². The summed E-state index contributed by atoms with van der Waals surface area (Å²) >= 11 is 3.62. The summed E-state index contributed by atoms with van der Waals surface area (Å²) in [4.78, 5) is 5.24. The first-order chi connectivity index (χ1) is 6.93. The number of hydrogen-bond donors (Lipinski definition) is 0. The van der Waals surface area contributed by atoms with Crippen LogP contribution in [0.5, 0.6) is 0 Å². The molecule has 0 amide bonds. The predicted octanol–water partition coefficient (Wildman–Crippen LogP) is 3.90. The van der Waals surface area contributed by atoms with E-state index in [0.717, 1.165) is 0 Å². The molecule has 0 N–H and O–H groups in total. The van der Waals surface area contributed by atoms with Crippen LogP contribution in [-0.4, -0.2) is 0 Å². The number of fused-ring (bicyclic) bond motifs is 2. The molecule has 2 aromatic rings. The quantitative estimate of drug-likeness (QED) is 0.332. The van der Waals surface area contributed by atoms with E-state index in [-0.39, 0.29) is 79.9 Å². The Balaban J connectivity index is 0.000000640. The van der Waals surface area contributed by atoms with Gasteiger partial charge in [-0.05, 0) is 0 Å². The molecule has 3 rings (SSSR count). The van der Waals surface area contributed by atoms with E-state index in [1.807, 2.05) is 47.8 Å². The van der Waals surface area contributed by atoms with Crippen molar-refractivity contribution in [1.29, 1.82) is 0 Å². The zero-order chi connectivity index (χ0) is 9.38. The maximum atomic E-state index is 3.11. The van der Waals surface area contributed by atoms with Crippen LogP contribution in [0.25, 0.3) is 0 Å². The van der Waals surface area contributed by atoms with E-state index in [9.17, 15) is 0 Å². The minimum atomic E-state index is 0. The third-order valence-electron chi connectivity index (χ3n) is 2.02. The normalized spacial score (nSPS) is 11.5. The molecule has 0 aliphatic carbocycles. The third kappa shape index (κ3) is 3.42. The molecule has 0 fully saturated rings. The second kappa shape index (κ2) is 7.40. The zero-order valence-electron chi connectivity index (χ0n) is 8.28. The van der Waals surface area contributed by atoms with Crippen molar-refractivity contribution in [3.05, 3.63) is 48.5 Å². The van der Waals surface area contributed by atoms with Crippen LogP contribution in [-0.2, 0) is 0 Å². The first-order valence-corrected chi connectivity index (χ1v) is 5.93. The van der Waals surface area contributed by atoms with Crippen molar-refractivity contribution in [2.45, 2.75) is 19.6 Å². The van der Waals surface area contributed by atoms with Crippen LogP contribution in [0.1, 0.15) is 0 Å². The Kier molecular flexibility index (Phi) is 7.32. The maximum absolute atomic E-state index is 3.11. The van der Waals surface area contributed by atoms with E-state index in [4.69, 9.17) is 0 Å². The molecule has 76 valence electrons. The van der Waals surface area contributed by atoms with Gasteiger partial charge in [-0.1, -0.05) is 19.6 Å². The fraction of sp³-hybridized carbons (Fsp3) is 0. The van der Waals surface area contributed by atoms with Crippen LogP contribution in [0.15, 0.2) is 56.0 Å². The van der Waals surface area contributed by atoms with E-state index < -0.39 is 0 Å². The number of benzene rings is 2. The molecular weight excluding hydrogens is 672 g/mol. The van der Waals surface area contributed by atoms with E-state index in [0.29, 0.717) is 0 Å². The van der Waals surface area contributed by atoms with Crippen LogP contribution in [0.3, 0.4) is 0 Å². The van der Waals surface area contributed by atoms with Gasteiger partial charge in [0.2, 0.25) is 0 Å². The molecular formula is C12H6S2Th2-2. The molecule has 0 spiro atoms. The van der Waals surface area contributed by atoms with Gasteiger partial charge in [0, 0.05) is 79.9 Å². The van der Waals surface area contributed by atoms with Gasteiger partial charge in [-0.25, -0.2) is 0 Å². The average molecular weight is 678 g/mol. The smallest absolute Gasteiger partial charge is 0 e. The molecule has 0 saturated heterocycles. The Morgan fingerprint density at radius 3 is 1.56 bits per heavy atom. The van der Waals surface area contributed by atoms with Gasteiger partial charge in [0.25, 0.3) is 0 Å². The molecule has 1 aliphatic rings. The van der Waals surface area contributed by atoms with Gasteiger partial charge >= 0.3 is 0 Å². The summed E-state index contributed by atoms with van der Waals surface area (Å²) in [6, 6.07) is 18.5. The molecule has 0 atom stereocenters. The predicted molar refractivity (Wildman–Crippen MR) is 58.8 cm³/mol. The van der Waals surface area contributed by atoms with Crippen LogP contribution < -0.4 is 0 Å². The minimum Gasteiger partial charge on any atom is -0.184 e. The Labute approximate surface area is 168 Å². The molecule has 4 heteroatoms. The fourth-order valence-corrected chi connectivity index (χ4v) is 3.52. The fourth-order valence-electron chi connectivity index (χ4n) is 1.37. The second-order valence-corrected chi connectivity index (χ2v) is 5.12. The summed E-state index contributed by atoms with van der Waals surface area (Å²) < 4.78 is 0. The molecule has 0 bridgehead atoms. The van der Waals surface area contributed by atoms with E-state index in [1.54, 1.807) is 0 Å². The molecule has 1 aliphatic heterocycles. The summed E-state index contributed by atoms with van der Waals surface area (Å²) in [7, 11) is 0. The first kappa shape index (κ1) is 15.8. The zero-order valence-corrected chi connectivity index (χ0v) is 18.1. The van der Waals surface area contributed by atoms with Crippen molar-refractivity contribution >= 4 is 23.5 Å².